The van der Waals surface area contributed by atoms with Gasteiger partial charge in [0.25, 0.3) is 5.91 Å². The lowest BCUT2D eigenvalue weighted by Crippen LogP contribution is -2.29. The highest BCUT2D eigenvalue weighted by molar-refractivity contribution is 5.95. The van der Waals surface area contributed by atoms with Crippen molar-refractivity contribution >= 4 is 22.5 Å². The van der Waals surface area contributed by atoms with Gasteiger partial charge in [-0.1, -0.05) is 11.6 Å². The number of fused-ring (bicyclic) bond motifs is 1. The second-order valence-electron chi connectivity index (χ2n) is 8.09. The van der Waals surface area contributed by atoms with Gasteiger partial charge in [0.05, 0.1) is 12.6 Å². The van der Waals surface area contributed by atoms with Crippen LogP contribution in [0.4, 0.5) is 18.9 Å². The molecule has 1 amide bonds. The Kier molecular flexibility index (Phi) is 6.26. The number of methoxy groups -OCH3 is 1. The number of nitrogens with zero attached hydrogens (tertiary/aromatic N) is 1. The molecule has 1 aromatic heterocycles. The van der Waals surface area contributed by atoms with Crippen molar-refractivity contribution in [3.05, 3.63) is 77.1 Å². The number of rotatable bonds is 5. The zero-order valence-electron chi connectivity index (χ0n) is 18.3. The minimum Gasteiger partial charge on any atom is -0.497 e. The van der Waals surface area contributed by atoms with Gasteiger partial charge in [0.15, 0.2) is 0 Å². The molecule has 2 aromatic carbocycles. The normalized spacial score (nSPS) is 16.3. The van der Waals surface area contributed by atoms with Crippen molar-refractivity contribution in [1.29, 1.82) is 0 Å². The summed E-state index contributed by atoms with van der Waals surface area (Å²) in [5.41, 5.74) is 1.89. The molecule has 1 aliphatic carbocycles. The van der Waals surface area contributed by atoms with Gasteiger partial charge < -0.3 is 15.4 Å². The van der Waals surface area contributed by atoms with Crippen molar-refractivity contribution in [3.63, 3.8) is 0 Å². The molecule has 8 heteroatoms. The van der Waals surface area contributed by atoms with Gasteiger partial charge in [-0.2, -0.15) is 13.2 Å². The molecule has 0 radical (unpaired) electrons. The number of hydrogen-bond acceptors (Lipinski definition) is 4. The fraction of sp³-hybridized carbons (Fsp3) is 0.280. The lowest BCUT2D eigenvalue weighted by atomic mass is 9.98. The van der Waals surface area contributed by atoms with Gasteiger partial charge in [-0.05, 0) is 74.7 Å². The summed E-state index contributed by atoms with van der Waals surface area (Å²) in [5.74, 6) is 0.416. The molecule has 172 valence electrons. The zero-order valence-corrected chi connectivity index (χ0v) is 18.3. The summed E-state index contributed by atoms with van der Waals surface area (Å²) >= 11 is 0. The van der Waals surface area contributed by atoms with Crippen molar-refractivity contribution in [3.8, 4) is 5.75 Å². The van der Waals surface area contributed by atoms with E-state index in [1.54, 1.807) is 43.5 Å². The number of carbonyl (C=O) groups excluding carboxylic acids is 1. The number of allylic oxidation sites excluding steroid dienone is 1. The Bertz CT molecular complexity index is 1200. The number of ether oxygens (including phenoxy) is 1. The quantitative estimate of drug-likeness (QED) is 0.507. The van der Waals surface area contributed by atoms with Crippen LogP contribution in [0.5, 0.6) is 5.75 Å². The zero-order chi connectivity index (χ0) is 23.6. The summed E-state index contributed by atoms with van der Waals surface area (Å²) < 4.78 is 45.3. The van der Waals surface area contributed by atoms with E-state index in [-0.39, 0.29) is 17.5 Å². The Morgan fingerprint density at radius 1 is 1.12 bits per heavy atom. The number of benzene rings is 2. The van der Waals surface area contributed by atoms with E-state index >= 15 is 0 Å². The average molecular weight is 455 g/mol. The maximum absolute atomic E-state index is 13.4. The van der Waals surface area contributed by atoms with Gasteiger partial charge in [-0.15, -0.1) is 0 Å². The number of anilines is 1. The number of hydrogen-bond donors (Lipinski definition) is 2. The first-order valence-electron chi connectivity index (χ1n) is 10.6. The highest BCUT2D eigenvalue weighted by Crippen LogP contribution is 2.34. The average Bonchev–Trinajstić information content (AvgIpc) is 2.79. The number of amides is 1. The van der Waals surface area contributed by atoms with Gasteiger partial charge >= 0.3 is 6.18 Å². The largest absolute Gasteiger partial charge is 0.497 e. The van der Waals surface area contributed by atoms with Gasteiger partial charge in [-0.3, -0.25) is 4.79 Å². The molecule has 2 N–H and O–H groups in total. The Labute approximate surface area is 189 Å². The molecule has 1 heterocycles. The molecule has 0 spiro atoms. The van der Waals surface area contributed by atoms with Gasteiger partial charge in [0.1, 0.15) is 11.4 Å². The number of alkyl halides is 3. The number of halogens is 3. The minimum absolute atomic E-state index is 0.225. The molecule has 0 fully saturated rings. The molecule has 0 unspecified atom stereocenters. The molecule has 33 heavy (non-hydrogen) atoms. The number of aromatic nitrogens is 1. The van der Waals surface area contributed by atoms with Crippen LogP contribution in [0.15, 0.2) is 60.3 Å². The third kappa shape index (κ3) is 5.27. The Morgan fingerprint density at radius 2 is 1.88 bits per heavy atom. The summed E-state index contributed by atoms with van der Waals surface area (Å²) in [4.78, 5) is 16.4. The molecule has 0 saturated heterocycles. The maximum Gasteiger partial charge on any atom is 0.433 e. The van der Waals surface area contributed by atoms with Gasteiger partial charge in [-0.25, -0.2) is 4.98 Å². The highest BCUT2D eigenvalue weighted by atomic mass is 19.4. The van der Waals surface area contributed by atoms with Crippen LogP contribution in [-0.4, -0.2) is 24.0 Å². The fourth-order valence-corrected chi connectivity index (χ4v) is 3.90. The number of nitrogens with one attached hydrogen (secondary N) is 2. The second kappa shape index (κ2) is 9.13. The third-order valence-corrected chi connectivity index (χ3v) is 5.59. The van der Waals surface area contributed by atoms with E-state index in [9.17, 15) is 18.0 Å². The van der Waals surface area contributed by atoms with Crippen LogP contribution < -0.4 is 15.4 Å². The lowest BCUT2D eigenvalue weighted by molar-refractivity contribution is -0.140. The molecule has 1 aliphatic rings. The highest BCUT2D eigenvalue weighted by Gasteiger charge is 2.33. The van der Waals surface area contributed by atoms with Crippen molar-refractivity contribution < 1.29 is 22.7 Å². The summed E-state index contributed by atoms with van der Waals surface area (Å²) in [6.07, 6.45) is -0.459. The van der Waals surface area contributed by atoms with Crippen LogP contribution >= 0.6 is 0 Å². The first-order chi connectivity index (χ1) is 15.7. The first-order valence-corrected chi connectivity index (χ1v) is 10.6. The van der Waals surface area contributed by atoms with E-state index in [1.165, 1.54) is 0 Å². The molecule has 4 rings (SSSR count). The Hall–Kier alpha value is -3.55. The van der Waals surface area contributed by atoms with E-state index < -0.39 is 11.9 Å². The monoisotopic (exact) mass is 455 g/mol. The van der Waals surface area contributed by atoms with Crippen LogP contribution in [0, 0.1) is 6.92 Å². The molecule has 3 aromatic rings. The van der Waals surface area contributed by atoms with E-state index in [0.29, 0.717) is 28.8 Å². The predicted octanol–water partition coefficient (Wildman–Crippen LogP) is 5.85. The second-order valence-corrected chi connectivity index (χ2v) is 8.09. The fourth-order valence-electron chi connectivity index (χ4n) is 3.90. The minimum atomic E-state index is -4.55. The van der Waals surface area contributed by atoms with Crippen molar-refractivity contribution in [1.82, 2.24) is 10.3 Å². The van der Waals surface area contributed by atoms with Crippen molar-refractivity contribution in [2.45, 2.75) is 38.4 Å². The number of aryl methyl sites for hydroxylation is 1. The standard InChI is InChI=1S/C25H24F3N3O2/c1-15-6-11-21-20(12-15)22(14-23(31-21)25(26,27)28)29-17-4-3-5-18(13-17)30-24(32)16-7-9-19(33-2)10-8-16/h6-14,17H,3-5H2,1-2H3,(H,29,31)(H,30,32)/t17-/m0/s1. The van der Waals surface area contributed by atoms with Crippen LogP contribution in [-0.2, 0) is 6.18 Å². The molecular formula is C25H24F3N3O2. The number of pyridine rings is 1. The van der Waals surface area contributed by atoms with E-state index in [1.807, 2.05) is 19.1 Å². The van der Waals surface area contributed by atoms with Crippen LogP contribution in [0.1, 0.15) is 40.9 Å². The third-order valence-electron chi connectivity index (χ3n) is 5.59. The smallest absolute Gasteiger partial charge is 0.433 e. The van der Waals surface area contributed by atoms with Crippen molar-refractivity contribution in [2.24, 2.45) is 0 Å². The lowest BCUT2D eigenvalue weighted by Gasteiger charge is -2.25. The summed E-state index contributed by atoms with van der Waals surface area (Å²) in [5, 5.41) is 6.79. The molecule has 0 aliphatic heterocycles. The molecular weight excluding hydrogens is 431 g/mol. The van der Waals surface area contributed by atoms with E-state index in [4.69, 9.17) is 4.74 Å². The first kappa shape index (κ1) is 22.6. The molecule has 0 bridgehead atoms. The van der Waals surface area contributed by atoms with E-state index in [0.717, 1.165) is 30.2 Å². The topological polar surface area (TPSA) is 63.2 Å². The maximum atomic E-state index is 13.4. The number of carbonyl (C=O) groups is 1. The van der Waals surface area contributed by atoms with Crippen molar-refractivity contribution in [2.75, 3.05) is 12.4 Å². The van der Waals surface area contributed by atoms with Crippen LogP contribution in [0.2, 0.25) is 0 Å². The Balaban J connectivity index is 1.57. The summed E-state index contributed by atoms with van der Waals surface area (Å²) in [6.45, 7) is 1.88. The molecule has 0 saturated carbocycles. The SMILES string of the molecule is COc1ccc(C(=O)NC2=C[C@@H](Nc3cc(C(F)(F)F)nc4ccc(C)cc34)CCC2)cc1. The summed E-state index contributed by atoms with van der Waals surface area (Å²) in [7, 11) is 1.56. The molecule has 5 nitrogen and oxygen atoms in total. The van der Waals surface area contributed by atoms with Crippen LogP contribution in [0.3, 0.4) is 0 Å². The molecule has 1 atom stereocenters. The Morgan fingerprint density at radius 3 is 2.58 bits per heavy atom. The summed E-state index contributed by atoms with van der Waals surface area (Å²) in [6, 6.07) is 12.8. The van der Waals surface area contributed by atoms with Crippen LogP contribution in [0.25, 0.3) is 10.9 Å². The van der Waals surface area contributed by atoms with Gasteiger partial charge in [0, 0.05) is 28.4 Å². The van der Waals surface area contributed by atoms with Gasteiger partial charge in [0.2, 0.25) is 0 Å². The van der Waals surface area contributed by atoms with E-state index in [2.05, 4.69) is 15.6 Å². The predicted molar refractivity (Wildman–Crippen MR) is 121 cm³/mol.